The molecule has 2 rings (SSSR count). The molecule has 1 aromatic rings. The number of esters is 1. The second kappa shape index (κ2) is 7.31. The van der Waals surface area contributed by atoms with Gasteiger partial charge in [0.25, 0.3) is 5.91 Å². The van der Waals surface area contributed by atoms with E-state index in [1.165, 1.54) is 7.11 Å². The molecule has 1 atom stereocenters. The number of amides is 1. The quantitative estimate of drug-likeness (QED) is 0.799. The molecule has 0 aliphatic carbocycles. The van der Waals surface area contributed by atoms with Gasteiger partial charge in [0.15, 0.2) is 6.61 Å². The summed E-state index contributed by atoms with van der Waals surface area (Å²) in [6.07, 6.45) is 1.56. The van der Waals surface area contributed by atoms with E-state index in [1.807, 2.05) is 0 Å². The molecule has 0 saturated carbocycles. The molecule has 1 aliphatic heterocycles. The van der Waals surface area contributed by atoms with Crippen LogP contribution in [0, 0.1) is 5.92 Å². The van der Waals surface area contributed by atoms with Gasteiger partial charge in [-0.2, -0.15) is 0 Å². The van der Waals surface area contributed by atoms with Crippen LogP contribution >= 0.6 is 11.6 Å². The van der Waals surface area contributed by atoms with E-state index in [0.717, 1.165) is 12.8 Å². The van der Waals surface area contributed by atoms with E-state index in [2.05, 4.69) is 0 Å². The van der Waals surface area contributed by atoms with Crippen molar-refractivity contribution >= 4 is 23.5 Å². The first kappa shape index (κ1) is 15.6. The zero-order valence-corrected chi connectivity index (χ0v) is 12.6. The Balaban J connectivity index is 1.85. The van der Waals surface area contributed by atoms with Gasteiger partial charge in [0.05, 0.1) is 13.0 Å². The standard InChI is InChI=1S/C15H18ClNO4/c1-20-15(19)11-3-2-8-17(9-11)14(18)10-21-13-6-4-12(16)5-7-13/h4-7,11H,2-3,8-10H2,1H3/t11-/m0/s1. The molecule has 1 saturated heterocycles. The summed E-state index contributed by atoms with van der Waals surface area (Å²) in [6, 6.07) is 6.83. The van der Waals surface area contributed by atoms with Crippen LogP contribution in [0.3, 0.4) is 0 Å². The van der Waals surface area contributed by atoms with Crippen LogP contribution in [0.2, 0.25) is 5.02 Å². The van der Waals surface area contributed by atoms with Crippen molar-refractivity contribution in [1.82, 2.24) is 4.90 Å². The molecular formula is C15H18ClNO4. The predicted molar refractivity (Wildman–Crippen MR) is 78.3 cm³/mol. The number of carbonyl (C=O) groups is 2. The third-order valence-electron chi connectivity index (χ3n) is 3.48. The number of carbonyl (C=O) groups excluding carboxylic acids is 2. The lowest BCUT2D eigenvalue weighted by molar-refractivity contribution is -0.149. The number of nitrogens with zero attached hydrogens (tertiary/aromatic N) is 1. The number of benzene rings is 1. The molecule has 0 unspecified atom stereocenters. The fraction of sp³-hybridized carbons (Fsp3) is 0.467. The number of ether oxygens (including phenoxy) is 2. The number of piperidine rings is 1. The first-order valence-corrected chi connectivity index (χ1v) is 7.22. The van der Waals surface area contributed by atoms with E-state index in [9.17, 15) is 9.59 Å². The first-order chi connectivity index (χ1) is 10.1. The van der Waals surface area contributed by atoms with Gasteiger partial charge in [0.1, 0.15) is 5.75 Å². The Bertz CT molecular complexity index is 503. The molecule has 114 valence electrons. The summed E-state index contributed by atoms with van der Waals surface area (Å²) >= 11 is 5.78. The van der Waals surface area contributed by atoms with Crippen molar-refractivity contribution < 1.29 is 19.1 Å². The normalized spacial score (nSPS) is 18.2. The molecule has 0 aromatic heterocycles. The predicted octanol–water partition coefficient (Wildman–Crippen LogP) is 2.13. The molecule has 1 aliphatic rings. The second-order valence-corrected chi connectivity index (χ2v) is 5.38. The maximum atomic E-state index is 12.1. The summed E-state index contributed by atoms with van der Waals surface area (Å²) < 4.78 is 10.2. The minimum absolute atomic E-state index is 0.0461. The molecule has 5 nitrogen and oxygen atoms in total. The number of methoxy groups -OCH3 is 1. The van der Waals surface area contributed by atoms with Crippen molar-refractivity contribution in [3.63, 3.8) is 0 Å². The number of hydrogen-bond donors (Lipinski definition) is 0. The Morgan fingerprint density at radius 1 is 1.33 bits per heavy atom. The lowest BCUT2D eigenvalue weighted by Gasteiger charge is -2.31. The molecule has 21 heavy (non-hydrogen) atoms. The van der Waals surface area contributed by atoms with Gasteiger partial charge < -0.3 is 14.4 Å². The van der Waals surface area contributed by atoms with Crippen LogP contribution in [-0.2, 0) is 14.3 Å². The average molecular weight is 312 g/mol. The summed E-state index contributed by atoms with van der Waals surface area (Å²) in [7, 11) is 1.37. The number of hydrogen-bond acceptors (Lipinski definition) is 4. The van der Waals surface area contributed by atoms with Gasteiger partial charge in [0.2, 0.25) is 0 Å². The SMILES string of the molecule is COC(=O)[C@H]1CCCN(C(=O)COc2ccc(Cl)cc2)C1. The third-order valence-corrected chi connectivity index (χ3v) is 3.74. The van der Waals surface area contributed by atoms with Crippen molar-refractivity contribution in [2.45, 2.75) is 12.8 Å². The van der Waals surface area contributed by atoms with E-state index in [1.54, 1.807) is 29.2 Å². The summed E-state index contributed by atoms with van der Waals surface area (Å²) in [5.74, 6) is -0.0258. The van der Waals surface area contributed by atoms with Crippen LogP contribution in [0.5, 0.6) is 5.75 Å². The molecule has 1 fully saturated rings. The van der Waals surface area contributed by atoms with Gasteiger partial charge in [-0.15, -0.1) is 0 Å². The van der Waals surface area contributed by atoms with Crippen molar-refractivity contribution in [3.8, 4) is 5.75 Å². The van der Waals surface area contributed by atoms with E-state index in [4.69, 9.17) is 21.1 Å². The monoisotopic (exact) mass is 311 g/mol. The van der Waals surface area contributed by atoms with Crippen molar-refractivity contribution in [1.29, 1.82) is 0 Å². The van der Waals surface area contributed by atoms with Gasteiger partial charge in [-0.05, 0) is 37.1 Å². The molecule has 1 heterocycles. The fourth-order valence-corrected chi connectivity index (χ4v) is 2.46. The Morgan fingerprint density at radius 2 is 2.05 bits per heavy atom. The Labute approximate surface area is 128 Å². The zero-order chi connectivity index (χ0) is 15.2. The van der Waals surface area contributed by atoms with Crippen molar-refractivity contribution in [2.24, 2.45) is 5.92 Å². The molecular weight excluding hydrogens is 294 g/mol. The molecule has 0 radical (unpaired) electrons. The third kappa shape index (κ3) is 4.36. The summed E-state index contributed by atoms with van der Waals surface area (Å²) in [5, 5.41) is 0.616. The Kier molecular flexibility index (Phi) is 5.44. The largest absolute Gasteiger partial charge is 0.484 e. The van der Waals surface area contributed by atoms with Gasteiger partial charge >= 0.3 is 5.97 Å². The van der Waals surface area contributed by atoms with Gasteiger partial charge in [-0.3, -0.25) is 9.59 Å². The van der Waals surface area contributed by atoms with Crippen LogP contribution in [-0.4, -0.2) is 43.6 Å². The maximum Gasteiger partial charge on any atom is 0.310 e. The summed E-state index contributed by atoms with van der Waals surface area (Å²) in [5.41, 5.74) is 0. The minimum Gasteiger partial charge on any atom is -0.484 e. The van der Waals surface area contributed by atoms with Crippen LogP contribution < -0.4 is 4.74 Å². The van der Waals surface area contributed by atoms with E-state index in [-0.39, 0.29) is 24.4 Å². The Hall–Kier alpha value is -1.75. The van der Waals surface area contributed by atoms with E-state index < -0.39 is 0 Å². The molecule has 0 bridgehead atoms. The highest BCUT2D eigenvalue weighted by molar-refractivity contribution is 6.30. The van der Waals surface area contributed by atoms with Crippen molar-refractivity contribution in [2.75, 3.05) is 26.8 Å². The van der Waals surface area contributed by atoms with E-state index >= 15 is 0 Å². The molecule has 0 spiro atoms. The second-order valence-electron chi connectivity index (χ2n) is 4.94. The average Bonchev–Trinajstić information content (AvgIpc) is 2.53. The van der Waals surface area contributed by atoms with Gasteiger partial charge in [-0.25, -0.2) is 0 Å². The topological polar surface area (TPSA) is 55.8 Å². The van der Waals surface area contributed by atoms with Gasteiger partial charge in [0, 0.05) is 18.1 Å². The Morgan fingerprint density at radius 3 is 2.71 bits per heavy atom. The fourth-order valence-electron chi connectivity index (χ4n) is 2.33. The van der Waals surface area contributed by atoms with Crippen LogP contribution in [0.25, 0.3) is 0 Å². The maximum absolute atomic E-state index is 12.1. The molecule has 0 N–H and O–H groups in total. The van der Waals surface area contributed by atoms with Crippen LogP contribution in [0.4, 0.5) is 0 Å². The number of rotatable bonds is 4. The van der Waals surface area contributed by atoms with Crippen molar-refractivity contribution in [3.05, 3.63) is 29.3 Å². The highest BCUT2D eigenvalue weighted by atomic mass is 35.5. The number of halogens is 1. The van der Waals surface area contributed by atoms with Crippen LogP contribution in [0.15, 0.2) is 24.3 Å². The molecule has 6 heteroatoms. The highest BCUT2D eigenvalue weighted by Gasteiger charge is 2.29. The molecule has 1 aromatic carbocycles. The minimum atomic E-state index is -0.258. The summed E-state index contributed by atoms with van der Waals surface area (Å²) in [4.78, 5) is 25.3. The number of likely N-dealkylation sites (tertiary alicyclic amines) is 1. The van der Waals surface area contributed by atoms with Crippen LogP contribution in [0.1, 0.15) is 12.8 Å². The zero-order valence-electron chi connectivity index (χ0n) is 11.9. The smallest absolute Gasteiger partial charge is 0.310 e. The first-order valence-electron chi connectivity index (χ1n) is 6.84. The van der Waals surface area contributed by atoms with E-state index in [0.29, 0.717) is 23.9 Å². The van der Waals surface area contributed by atoms with Gasteiger partial charge in [-0.1, -0.05) is 11.6 Å². The molecule has 1 amide bonds. The highest BCUT2D eigenvalue weighted by Crippen LogP contribution is 2.19. The lowest BCUT2D eigenvalue weighted by atomic mass is 9.98. The lowest BCUT2D eigenvalue weighted by Crippen LogP contribution is -2.44. The summed E-state index contributed by atoms with van der Waals surface area (Å²) in [6.45, 7) is 1.00.